The third-order valence-electron chi connectivity index (χ3n) is 5.57. The van der Waals surface area contributed by atoms with Gasteiger partial charge in [0.15, 0.2) is 0 Å². The van der Waals surface area contributed by atoms with Gasteiger partial charge in [-0.15, -0.1) is 0 Å². The van der Waals surface area contributed by atoms with E-state index in [4.69, 9.17) is 5.26 Å². The van der Waals surface area contributed by atoms with Crippen LogP contribution >= 0.6 is 0 Å². The highest BCUT2D eigenvalue weighted by Gasteiger charge is 2.38. The van der Waals surface area contributed by atoms with Crippen LogP contribution in [0.3, 0.4) is 0 Å². The first-order valence-corrected chi connectivity index (χ1v) is 9.48. The Hall–Kier alpha value is -2.57. The van der Waals surface area contributed by atoms with E-state index in [1.54, 1.807) is 0 Å². The number of rotatable bonds is 7. The molecule has 3 heteroatoms. The number of benzene rings is 2. The standard InChI is InChI=1S/C23H25N3/c1-26(16-17-6-3-2-4-7-17)11-5-8-19-13-20(19)22-15-25-23-10-9-18(14-24)12-21(22)23/h2-4,6-7,9-10,12,15,19-20,25H,5,8,11,13,16H2,1H3. The van der Waals surface area contributed by atoms with Crippen LogP contribution < -0.4 is 0 Å². The lowest BCUT2D eigenvalue weighted by atomic mass is 10.0. The van der Waals surface area contributed by atoms with Crippen LogP contribution in [0.5, 0.6) is 0 Å². The Labute approximate surface area is 155 Å². The molecule has 0 amide bonds. The van der Waals surface area contributed by atoms with Crippen LogP contribution in [0.1, 0.15) is 41.9 Å². The Morgan fingerprint density at radius 3 is 2.85 bits per heavy atom. The summed E-state index contributed by atoms with van der Waals surface area (Å²) in [7, 11) is 2.21. The maximum atomic E-state index is 9.14. The molecule has 3 aromatic rings. The summed E-state index contributed by atoms with van der Waals surface area (Å²) >= 11 is 0. The summed E-state index contributed by atoms with van der Waals surface area (Å²) in [5.41, 5.74) is 4.68. The summed E-state index contributed by atoms with van der Waals surface area (Å²) in [5.74, 6) is 1.46. The molecule has 1 fully saturated rings. The van der Waals surface area contributed by atoms with Gasteiger partial charge in [-0.25, -0.2) is 0 Å². The van der Waals surface area contributed by atoms with Crippen molar-refractivity contribution in [3.8, 4) is 6.07 Å². The van der Waals surface area contributed by atoms with Crippen LogP contribution in [-0.4, -0.2) is 23.5 Å². The van der Waals surface area contributed by atoms with Crippen molar-refractivity contribution in [1.82, 2.24) is 9.88 Å². The molecule has 1 heterocycles. The van der Waals surface area contributed by atoms with Crippen molar-refractivity contribution >= 4 is 10.9 Å². The molecule has 0 aliphatic heterocycles. The van der Waals surface area contributed by atoms with Gasteiger partial charge in [0.25, 0.3) is 0 Å². The number of hydrogen-bond donors (Lipinski definition) is 1. The molecule has 132 valence electrons. The molecule has 1 saturated carbocycles. The van der Waals surface area contributed by atoms with Gasteiger partial charge in [0, 0.05) is 23.6 Å². The summed E-state index contributed by atoms with van der Waals surface area (Å²) in [5, 5.41) is 10.4. The highest BCUT2D eigenvalue weighted by Crippen LogP contribution is 2.51. The Morgan fingerprint density at radius 2 is 2.04 bits per heavy atom. The van der Waals surface area contributed by atoms with Gasteiger partial charge in [-0.3, -0.25) is 0 Å². The minimum Gasteiger partial charge on any atom is -0.361 e. The Morgan fingerprint density at radius 1 is 1.19 bits per heavy atom. The van der Waals surface area contributed by atoms with E-state index >= 15 is 0 Å². The first kappa shape index (κ1) is 16.9. The minimum atomic E-state index is 0.664. The predicted molar refractivity (Wildman–Crippen MR) is 106 cm³/mol. The number of H-pyrrole nitrogens is 1. The van der Waals surface area contributed by atoms with E-state index in [2.05, 4.69) is 59.5 Å². The van der Waals surface area contributed by atoms with Crippen LogP contribution in [0.4, 0.5) is 0 Å². The number of aromatic amines is 1. The van der Waals surface area contributed by atoms with Crippen molar-refractivity contribution in [2.45, 2.75) is 31.7 Å². The fourth-order valence-corrected chi connectivity index (χ4v) is 4.06. The molecule has 0 radical (unpaired) electrons. The van der Waals surface area contributed by atoms with Gasteiger partial charge in [-0.05, 0) is 74.0 Å². The first-order valence-electron chi connectivity index (χ1n) is 9.48. The molecular formula is C23H25N3. The molecule has 1 aromatic heterocycles. The van der Waals surface area contributed by atoms with Crippen LogP contribution in [0.25, 0.3) is 10.9 Å². The van der Waals surface area contributed by atoms with Gasteiger partial charge < -0.3 is 9.88 Å². The summed E-state index contributed by atoms with van der Waals surface area (Å²) in [6, 6.07) is 18.9. The summed E-state index contributed by atoms with van der Waals surface area (Å²) < 4.78 is 0. The van der Waals surface area contributed by atoms with E-state index in [1.807, 2.05) is 18.2 Å². The lowest BCUT2D eigenvalue weighted by Gasteiger charge is -2.16. The molecule has 4 rings (SSSR count). The van der Waals surface area contributed by atoms with Gasteiger partial charge in [-0.2, -0.15) is 5.26 Å². The molecule has 1 aliphatic rings. The van der Waals surface area contributed by atoms with E-state index in [1.165, 1.54) is 35.8 Å². The summed E-state index contributed by atoms with van der Waals surface area (Å²) in [6.07, 6.45) is 5.97. The maximum absolute atomic E-state index is 9.14. The zero-order chi connectivity index (χ0) is 17.9. The first-order chi connectivity index (χ1) is 12.7. The number of hydrogen-bond acceptors (Lipinski definition) is 2. The second-order valence-corrected chi connectivity index (χ2v) is 7.58. The average molecular weight is 343 g/mol. The van der Waals surface area contributed by atoms with Crippen molar-refractivity contribution in [2.75, 3.05) is 13.6 Å². The van der Waals surface area contributed by atoms with Crippen LogP contribution in [0, 0.1) is 17.2 Å². The molecule has 1 aliphatic carbocycles. The van der Waals surface area contributed by atoms with Crippen molar-refractivity contribution in [2.24, 2.45) is 5.92 Å². The number of fused-ring (bicyclic) bond motifs is 1. The molecule has 3 nitrogen and oxygen atoms in total. The van der Waals surface area contributed by atoms with E-state index in [0.717, 1.165) is 30.1 Å². The fourth-order valence-electron chi connectivity index (χ4n) is 4.06. The van der Waals surface area contributed by atoms with Crippen LogP contribution in [-0.2, 0) is 6.54 Å². The molecule has 1 N–H and O–H groups in total. The normalized spacial score (nSPS) is 19.0. The van der Waals surface area contributed by atoms with Gasteiger partial charge in [-0.1, -0.05) is 30.3 Å². The zero-order valence-corrected chi connectivity index (χ0v) is 15.3. The number of aromatic nitrogens is 1. The van der Waals surface area contributed by atoms with E-state index in [-0.39, 0.29) is 0 Å². The third-order valence-corrected chi connectivity index (χ3v) is 5.57. The number of nitrogens with zero attached hydrogens (tertiary/aromatic N) is 2. The average Bonchev–Trinajstić information content (AvgIpc) is 3.30. The van der Waals surface area contributed by atoms with Crippen molar-refractivity contribution in [3.05, 3.63) is 71.4 Å². The van der Waals surface area contributed by atoms with Gasteiger partial charge in [0.1, 0.15) is 0 Å². The fraction of sp³-hybridized carbons (Fsp3) is 0.348. The lowest BCUT2D eigenvalue weighted by Crippen LogP contribution is -2.19. The van der Waals surface area contributed by atoms with E-state index < -0.39 is 0 Å². The maximum Gasteiger partial charge on any atom is 0.0991 e. The van der Waals surface area contributed by atoms with E-state index in [0.29, 0.717) is 5.92 Å². The van der Waals surface area contributed by atoms with Gasteiger partial charge in [0.05, 0.1) is 11.6 Å². The van der Waals surface area contributed by atoms with Crippen molar-refractivity contribution in [1.29, 1.82) is 5.26 Å². The van der Waals surface area contributed by atoms with Crippen molar-refractivity contribution in [3.63, 3.8) is 0 Å². The largest absolute Gasteiger partial charge is 0.361 e. The molecule has 2 unspecified atom stereocenters. The number of nitrogens with one attached hydrogen (secondary N) is 1. The smallest absolute Gasteiger partial charge is 0.0991 e. The molecule has 0 bridgehead atoms. The van der Waals surface area contributed by atoms with Gasteiger partial charge >= 0.3 is 0 Å². The minimum absolute atomic E-state index is 0.664. The quantitative estimate of drug-likeness (QED) is 0.652. The van der Waals surface area contributed by atoms with Crippen LogP contribution in [0.15, 0.2) is 54.7 Å². The monoisotopic (exact) mass is 343 g/mol. The molecule has 2 aromatic carbocycles. The summed E-state index contributed by atoms with van der Waals surface area (Å²) in [4.78, 5) is 5.78. The highest BCUT2D eigenvalue weighted by atomic mass is 15.1. The Bertz CT molecular complexity index is 920. The third kappa shape index (κ3) is 3.66. The second kappa shape index (κ2) is 7.35. The highest BCUT2D eigenvalue weighted by molar-refractivity contribution is 5.85. The summed E-state index contributed by atoms with van der Waals surface area (Å²) in [6.45, 7) is 2.17. The molecular weight excluding hydrogens is 318 g/mol. The Balaban J connectivity index is 1.29. The van der Waals surface area contributed by atoms with Crippen molar-refractivity contribution < 1.29 is 0 Å². The SMILES string of the molecule is CN(CCCC1CC1c1c[nH]c2ccc(C#N)cc12)Cc1ccccc1. The molecule has 0 saturated heterocycles. The zero-order valence-electron chi connectivity index (χ0n) is 15.3. The number of nitriles is 1. The predicted octanol–water partition coefficient (Wildman–Crippen LogP) is 5.06. The molecule has 0 spiro atoms. The molecule has 26 heavy (non-hydrogen) atoms. The lowest BCUT2D eigenvalue weighted by molar-refractivity contribution is 0.315. The van der Waals surface area contributed by atoms with Gasteiger partial charge in [0.2, 0.25) is 0 Å². The van der Waals surface area contributed by atoms with Crippen LogP contribution in [0.2, 0.25) is 0 Å². The Kier molecular flexibility index (Phi) is 4.77. The topological polar surface area (TPSA) is 42.8 Å². The van der Waals surface area contributed by atoms with E-state index in [9.17, 15) is 0 Å². The molecule has 2 atom stereocenters. The second-order valence-electron chi connectivity index (χ2n) is 7.58.